The number of carbonyl (C=O) groups is 2. The Balaban J connectivity index is 1.32. The number of rotatable bonds is 8. The number of nitrogens with zero attached hydrogens (tertiary/aromatic N) is 2. The summed E-state index contributed by atoms with van der Waals surface area (Å²) in [5.41, 5.74) is 1.24. The van der Waals surface area contributed by atoms with Crippen molar-refractivity contribution in [3.05, 3.63) is 29.8 Å². The Morgan fingerprint density at radius 2 is 1.78 bits per heavy atom. The van der Waals surface area contributed by atoms with Crippen LogP contribution in [0.4, 0.5) is 5.69 Å². The fourth-order valence-electron chi connectivity index (χ4n) is 3.32. The number of carbonyl (C=O) groups excluding carboxylic acids is 2. The van der Waals surface area contributed by atoms with E-state index >= 15 is 0 Å². The summed E-state index contributed by atoms with van der Waals surface area (Å²) in [5, 5.41) is 2.87. The lowest BCUT2D eigenvalue weighted by atomic mass is 10.2. The van der Waals surface area contributed by atoms with E-state index in [1.165, 1.54) is 0 Å². The zero-order valence-corrected chi connectivity index (χ0v) is 16.4. The zero-order valence-electron chi connectivity index (χ0n) is 16.4. The van der Waals surface area contributed by atoms with E-state index in [-0.39, 0.29) is 17.8 Å². The number of ether oxygens (including phenoxy) is 1. The quantitative estimate of drug-likeness (QED) is 0.561. The Labute approximate surface area is 161 Å². The Kier molecular flexibility index (Phi) is 6.85. The first-order valence-corrected chi connectivity index (χ1v) is 10.1. The van der Waals surface area contributed by atoms with E-state index in [1.807, 2.05) is 0 Å². The molecule has 0 radical (unpaired) electrons. The largest absolute Gasteiger partial charge is 0.462 e. The minimum Gasteiger partial charge on any atom is -0.462 e. The van der Waals surface area contributed by atoms with E-state index in [0.29, 0.717) is 18.2 Å². The molecule has 0 atom stereocenters. The van der Waals surface area contributed by atoms with E-state index in [2.05, 4.69) is 29.0 Å². The first kappa shape index (κ1) is 19.8. The van der Waals surface area contributed by atoms with Crippen LogP contribution in [0.25, 0.3) is 0 Å². The molecule has 1 heterocycles. The van der Waals surface area contributed by atoms with E-state index in [9.17, 15) is 9.59 Å². The van der Waals surface area contributed by atoms with Gasteiger partial charge in [0.15, 0.2) is 0 Å². The molecule has 0 unspecified atom stereocenters. The molecule has 0 spiro atoms. The average molecular weight is 373 g/mol. The molecular formula is C21H31N3O3. The fourth-order valence-corrected chi connectivity index (χ4v) is 3.32. The number of hydrogen-bond acceptors (Lipinski definition) is 5. The molecule has 6 nitrogen and oxygen atoms in total. The van der Waals surface area contributed by atoms with Gasteiger partial charge in [-0.05, 0) is 57.4 Å². The third-order valence-electron chi connectivity index (χ3n) is 5.33. The van der Waals surface area contributed by atoms with Crippen LogP contribution in [-0.2, 0) is 9.53 Å². The smallest absolute Gasteiger partial charge is 0.338 e. The van der Waals surface area contributed by atoms with Crippen molar-refractivity contribution < 1.29 is 14.3 Å². The highest BCUT2D eigenvalue weighted by molar-refractivity contribution is 5.95. The van der Waals surface area contributed by atoms with Gasteiger partial charge in [0.2, 0.25) is 5.91 Å². The fraction of sp³-hybridized carbons (Fsp3) is 0.619. The standard InChI is InChI=1S/C21H31N3O3/c1-16(2)24-13-11-23(12-14-24)10-3-15-27-21(26)18-6-8-19(9-7-18)22-20(25)17-4-5-17/h6-9,16-17H,3-5,10-15H2,1-2H3,(H,22,25). The molecule has 148 valence electrons. The average Bonchev–Trinajstić information content (AvgIpc) is 3.51. The van der Waals surface area contributed by atoms with Crippen molar-refractivity contribution in [2.75, 3.05) is 44.6 Å². The Morgan fingerprint density at radius 1 is 1.11 bits per heavy atom. The molecule has 1 aliphatic heterocycles. The third-order valence-corrected chi connectivity index (χ3v) is 5.33. The van der Waals surface area contributed by atoms with Crippen LogP contribution in [0, 0.1) is 5.92 Å². The number of piperazine rings is 1. The maximum absolute atomic E-state index is 12.1. The minimum absolute atomic E-state index is 0.0690. The van der Waals surface area contributed by atoms with Gasteiger partial charge in [0.05, 0.1) is 12.2 Å². The summed E-state index contributed by atoms with van der Waals surface area (Å²) in [6.45, 7) is 10.3. The highest BCUT2D eigenvalue weighted by Crippen LogP contribution is 2.30. The lowest BCUT2D eigenvalue weighted by Gasteiger charge is -2.36. The number of hydrogen-bond donors (Lipinski definition) is 1. The summed E-state index contributed by atoms with van der Waals surface area (Å²) in [5.74, 6) is -0.0674. The maximum atomic E-state index is 12.1. The molecule has 2 fully saturated rings. The molecule has 1 saturated heterocycles. The molecular weight excluding hydrogens is 342 g/mol. The number of esters is 1. The lowest BCUT2D eigenvalue weighted by Crippen LogP contribution is -2.49. The minimum atomic E-state index is -0.306. The van der Waals surface area contributed by atoms with Crippen molar-refractivity contribution in [3.8, 4) is 0 Å². The lowest BCUT2D eigenvalue weighted by molar-refractivity contribution is -0.117. The summed E-state index contributed by atoms with van der Waals surface area (Å²) in [6.07, 6.45) is 2.80. The van der Waals surface area contributed by atoms with Gasteiger partial charge in [-0.15, -0.1) is 0 Å². The molecule has 6 heteroatoms. The second-order valence-corrected chi connectivity index (χ2v) is 7.80. The SMILES string of the molecule is CC(C)N1CCN(CCCOC(=O)c2ccc(NC(=O)C3CC3)cc2)CC1. The van der Waals surface area contributed by atoms with Crippen LogP contribution in [0.2, 0.25) is 0 Å². The summed E-state index contributed by atoms with van der Waals surface area (Å²) >= 11 is 0. The number of anilines is 1. The molecule has 1 aromatic rings. The maximum Gasteiger partial charge on any atom is 0.338 e. The molecule has 1 aliphatic carbocycles. The molecule has 0 aromatic heterocycles. The number of nitrogens with one attached hydrogen (secondary N) is 1. The van der Waals surface area contributed by atoms with Crippen LogP contribution in [0.5, 0.6) is 0 Å². The first-order valence-electron chi connectivity index (χ1n) is 10.1. The molecule has 1 amide bonds. The molecule has 1 N–H and O–H groups in total. The zero-order chi connectivity index (χ0) is 19.2. The van der Waals surface area contributed by atoms with Gasteiger partial charge in [-0.2, -0.15) is 0 Å². The molecule has 0 bridgehead atoms. The van der Waals surface area contributed by atoms with Crippen LogP contribution in [0.3, 0.4) is 0 Å². The Bertz CT molecular complexity index is 633. The Hall–Kier alpha value is -1.92. The van der Waals surface area contributed by atoms with Gasteiger partial charge in [-0.25, -0.2) is 4.79 Å². The monoisotopic (exact) mass is 373 g/mol. The Morgan fingerprint density at radius 3 is 2.37 bits per heavy atom. The predicted molar refractivity (Wildman–Crippen MR) is 106 cm³/mol. The van der Waals surface area contributed by atoms with Crippen molar-refractivity contribution in [1.29, 1.82) is 0 Å². The third kappa shape index (κ3) is 6.04. The van der Waals surface area contributed by atoms with Crippen LogP contribution < -0.4 is 5.32 Å². The van der Waals surface area contributed by atoms with Crippen LogP contribution in [-0.4, -0.2) is 67.0 Å². The van der Waals surface area contributed by atoms with Crippen molar-refractivity contribution in [1.82, 2.24) is 9.80 Å². The van der Waals surface area contributed by atoms with E-state index in [0.717, 1.165) is 57.7 Å². The molecule has 1 aromatic carbocycles. The van der Waals surface area contributed by atoms with Crippen LogP contribution in [0.1, 0.15) is 43.5 Å². The molecule has 27 heavy (non-hydrogen) atoms. The highest BCUT2D eigenvalue weighted by Gasteiger charge is 2.29. The van der Waals surface area contributed by atoms with Crippen molar-refractivity contribution in [2.24, 2.45) is 5.92 Å². The van der Waals surface area contributed by atoms with Crippen LogP contribution in [0.15, 0.2) is 24.3 Å². The van der Waals surface area contributed by atoms with E-state index in [4.69, 9.17) is 4.74 Å². The molecule has 2 aliphatic rings. The van der Waals surface area contributed by atoms with Gasteiger partial charge in [0.1, 0.15) is 0 Å². The summed E-state index contributed by atoms with van der Waals surface area (Å²) < 4.78 is 5.38. The van der Waals surface area contributed by atoms with E-state index in [1.54, 1.807) is 24.3 Å². The van der Waals surface area contributed by atoms with Gasteiger partial charge < -0.3 is 15.0 Å². The van der Waals surface area contributed by atoms with Crippen molar-refractivity contribution >= 4 is 17.6 Å². The number of benzene rings is 1. The summed E-state index contributed by atoms with van der Waals surface area (Å²) in [4.78, 5) is 28.8. The normalized spacial score (nSPS) is 18.5. The molecule has 3 rings (SSSR count). The number of amides is 1. The second-order valence-electron chi connectivity index (χ2n) is 7.80. The van der Waals surface area contributed by atoms with Gasteiger partial charge in [-0.1, -0.05) is 0 Å². The predicted octanol–water partition coefficient (Wildman–Crippen LogP) is 2.61. The summed E-state index contributed by atoms with van der Waals surface area (Å²) in [6, 6.07) is 7.53. The van der Waals surface area contributed by atoms with Crippen LogP contribution >= 0.6 is 0 Å². The van der Waals surface area contributed by atoms with Gasteiger partial charge in [0, 0.05) is 50.4 Å². The second kappa shape index (κ2) is 9.33. The highest BCUT2D eigenvalue weighted by atomic mass is 16.5. The first-order chi connectivity index (χ1) is 13.0. The topological polar surface area (TPSA) is 61.9 Å². The van der Waals surface area contributed by atoms with E-state index < -0.39 is 0 Å². The molecule has 1 saturated carbocycles. The van der Waals surface area contributed by atoms with Gasteiger partial charge >= 0.3 is 5.97 Å². The summed E-state index contributed by atoms with van der Waals surface area (Å²) in [7, 11) is 0. The van der Waals surface area contributed by atoms with Gasteiger partial charge in [-0.3, -0.25) is 9.69 Å². The van der Waals surface area contributed by atoms with Crippen molar-refractivity contribution in [3.63, 3.8) is 0 Å². The van der Waals surface area contributed by atoms with Gasteiger partial charge in [0.25, 0.3) is 0 Å². The van der Waals surface area contributed by atoms with Crippen molar-refractivity contribution in [2.45, 2.75) is 39.2 Å².